The third kappa shape index (κ3) is 4.47. The van der Waals surface area contributed by atoms with Crippen LogP contribution in [0.3, 0.4) is 0 Å². The van der Waals surface area contributed by atoms with Crippen LogP contribution >= 0.6 is 0 Å². The molecule has 124 valence electrons. The van der Waals surface area contributed by atoms with Gasteiger partial charge in [-0.15, -0.1) is 0 Å². The predicted molar refractivity (Wildman–Crippen MR) is 90.5 cm³/mol. The van der Waals surface area contributed by atoms with Crippen LogP contribution < -0.4 is 15.8 Å². The first-order chi connectivity index (χ1) is 10.7. The molecule has 22 heavy (non-hydrogen) atoms. The molecule has 2 rings (SSSR count). The average molecular weight is 307 g/mol. The second-order valence-corrected chi connectivity index (χ2v) is 5.66. The molecule has 1 fully saturated rings. The lowest BCUT2D eigenvalue weighted by molar-refractivity contribution is 0.303. The molecular weight excluding hydrogens is 278 g/mol. The van der Waals surface area contributed by atoms with Crippen molar-refractivity contribution in [3.8, 4) is 5.88 Å². The maximum atomic E-state index is 6.13. The fourth-order valence-corrected chi connectivity index (χ4v) is 2.42. The molecule has 1 aromatic heterocycles. The van der Waals surface area contributed by atoms with Gasteiger partial charge in [-0.1, -0.05) is 13.8 Å². The molecule has 1 aliphatic rings. The maximum Gasteiger partial charge on any atom is 0.242 e. The highest BCUT2D eigenvalue weighted by Gasteiger charge is 2.28. The molecule has 0 bridgehead atoms. The molecule has 3 N–H and O–H groups in total. The Morgan fingerprint density at radius 2 is 1.95 bits per heavy atom. The minimum Gasteiger partial charge on any atom is -0.476 e. The van der Waals surface area contributed by atoms with E-state index in [1.165, 1.54) is 0 Å². The van der Waals surface area contributed by atoms with E-state index in [1.807, 2.05) is 6.92 Å². The second kappa shape index (κ2) is 8.17. The van der Waals surface area contributed by atoms with Gasteiger partial charge in [0.2, 0.25) is 5.88 Å². The summed E-state index contributed by atoms with van der Waals surface area (Å²) in [7, 11) is 0. The van der Waals surface area contributed by atoms with Crippen molar-refractivity contribution >= 4 is 11.5 Å². The normalized spacial score (nSPS) is 14.4. The van der Waals surface area contributed by atoms with Crippen LogP contribution in [0.2, 0.25) is 0 Å². The van der Waals surface area contributed by atoms with Gasteiger partial charge in [-0.3, -0.25) is 0 Å². The first-order valence-corrected chi connectivity index (χ1v) is 8.45. The van der Waals surface area contributed by atoms with E-state index in [0.29, 0.717) is 24.1 Å². The van der Waals surface area contributed by atoms with Crippen LogP contribution in [-0.2, 0) is 0 Å². The number of anilines is 2. The van der Waals surface area contributed by atoms with E-state index in [9.17, 15) is 0 Å². The monoisotopic (exact) mass is 307 g/mol. The summed E-state index contributed by atoms with van der Waals surface area (Å²) in [5.74, 6) is 2.59. The van der Waals surface area contributed by atoms with Gasteiger partial charge in [-0.2, -0.15) is 4.98 Å². The Labute approximate surface area is 133 Å². The SMILES string of the molecule is CCOc1nc(C2CC2)nc(NCCCN(CC)CC)c1N. The van der Waals surface area contributed by atoms with Crippen molar-refractivity contribution in [2.45, 2.75) is 46.0 Å². The van der Waals surface area contributed by atoms with E-state index in [2.05, 4.69) is 34.0 Å². The molecule has 0 radical (unpaired) electrons. The number of nitrogens with two attached hydrogens (primary N) is 1. The summed E-state index contributed by atoms with van der Waals surface area (Å²) >= 11 is 0. The Morgan fingerprint density at radius 3 is 2.55 bits per heavy atom. The van der Waals surface area contributed by atoms with Gasteiger partial charge < -0.3 is 20.7 Å². The van der Waals surface area contributed by atoms with E-state index in [-0.39, 0.29) is 0 Å². The third-order valence-electron chi connectivity index (χ3n) is 3.99. The molecule has 6 heteroatoms. The number of aromatic nitrogens is 2. The summed E-state index contributed by atoms with van der Waals surface area (Å²) < 4.78 is 5.55. The topological polar surface area (TPSA) is 76.3 Å². The van der Waals surface area contributed by atoms with Crippen LogP contribution in [-0.4, -0.2) is 47.7 Å². The zero-order valence-electron chi connectivity index (χ0n) is 14.1. The Hall–Kier alpha value is -1.56. The second-order valence-electron chi connectivity index (χ2n) is 5.66. The van der Waals surface area contributed by atoms with E-state index in [4.69, 9.17) is 10.5 Å². The van der Waals surface area contributed by atoms with Gasteiger partial charge in [0.05, 0.1) is 6.61 Å². The van der Waals surface area contributed by atoms with Crippen LogP contribution in [0.1, 0.15) is 51.8 Å². The number of nitrogens with one attached hydrogen (secondary N) is 1. The number of nitrogen functional groups attached to an aromatic ring is 1. The fraction of sp³-hybridized carbons (Fsp3) is 0.750. The zero-order valence-corrected chi connectivity index (χ0v) is 14.1. The summed E-state index contributed by atoms with van der Waals surface area (Å²) in [6, 6.07) is 0. The highest BCUT2D eigenvalue weighted by molar-refractivity contribution is 5.67. The van der Waals surface area contributed by atoms with Crippen molar-refractivity contribution in [1.29, 1.82) is 0 Å². The molecule has 0 unspecified atom stereocenters. The Kier molecular flexibility index (Phi) is 6.24. The van der Waals surface area contributed by atoms with Crippen molar-refractivity contribution in [3.63, 3.8) is 0 Å². The highest BCUT2D eigenvalue weighted by atomic mass is 16.5. The maximum absolute atomic E-state index is 6.13. The molecule has 0 amide bonds. The minimum atomic E-state index is 0.482. The van der Waals surface area contributed by atoms with Crippen molar-refractivity contribution in [1.82, 2.24) is 14.9 Å². The van der Waals surface area contributed by atoms with E-state index in [0.717, 1.165) is 57.1 Å². The molecule has 1 saturated carbocycles. The van der Waals surface area contributed by atoms with Crippen LogP contribution in [0.5, 0.6) is 5.88 Å². The van der Waals surface area contributed by atoms with Crippen molar-refractivity contribution in [2.24, 2.45) is 0 Å². The van der Waals surface area contributed by atoms with Crippen LogP contribution in [0.4, 0.5) is 11.5 Å². The number of rotatable bonds is 10. The number of nitrogens with zero attached hydrogens (tertiary/aromatic N) is 3. The summed E-state index contributed by atoms with van der Waals surface area (Å²) in [6.07, 6.45) is 3.39. The first kappa shape index (κ1) is 16.8. The number of hydrogen-bond acceptors (Lipinski definition) is 6. The van der Waals surface area contributed by atoms with Crippen molar-refractivity contribution in [2.75, 3.05) is 43.8 Å². The number of ether oxygens (including phenoxy) is 1. The largest absolute Gasteiger partial charge is 0.476 e. The van der Waals surface area contributed by atoms with E-state index >= 15 is 0 Å². The standard InChI is InChI=1S/C16H29N5O/c1-4-21(5-2)11-7-10-18-15-13(17)16(22-6-3)20-14(19-15)12-8-9-12/h12H,4-11,17H2,1-3H3,(H,18,19,20). The lowest BCUT2D eigenvalue weighted by atomic mass is 10.3. The zero-order chi connectivity index (χ0) is 15.9. The van der Waals surface area contributed by atoms with E-state index in [1.54, 1.807) is 0 Å². The molecule has 1 heterocycles. The van der Waals surface area contributed by atoms with Crippen molar-refractivity contribution < 1.29 is 4.74 Å². The molecule has 0 saturated heterocycles. The van der Waals surface area contributed by atoms with Gasteiger partial charge in [0, 0.05) is 12.5 Å². The van der Waals surface area contributed by atoms with Gasteiger partial charge in [0.15, 0.2) is 5.82 Å². The molecular formula is C16H29N5O. The first-order valence-electron chi connectivity index (χ1n) is 8.45. The van der Waals surface area contributed by atoms with Crippen LogP contribution in [0.15, 0.2) is 0 Å². The van der Waals surface area contributed by atoms with Gasteiger partial charge in [-0.25, -0.2) is 4.98 Å². The number of hydrogen-bond donors (Lipinski definition) is 2. The Balaban J connectivity index is 1.96. The Morgan fingerprint density at radius 1 is 1.23 bits per heavy atom. The van der Waals surface area contributed by atoms with Gasteiger partial charge in [0.1, 0.15) is 11.5 Å². The molecule has 0 aromatic carbocycles. The highest BCUT2D eigenvalue weighted by Crippen LogP contribution is 2.40. The summed E-state index contributed by atoms with van der Waals surface area (Å²) in [5, 5.41) is 3.36. The van der Waals surface area contributed by atoms with Crippen molar-refractivity contribution in [3.05, 3.63) is 5.82 Å². The third-order valence-corrected chi connectivity index (χ3v) is 3.99. The van der Waals surface area contributed by atoms with Crippen LogP contribution in [0.25, 0.3) is 0 Å². The molecule has 0 atom stereocenters. The molecule has 1 aromatic rings. The van der Waals surface area contributed by atoms with Gasteiger partial charge in [0.25, 0.3) is 0 Å². The quantitative estimate of drug-likeness (QED) is 0.647. The molecule has 1 aliphatic carbocycles. The Bertz CT molecular complexity index is 472. The summed E-state index contributed by atoms with van der Waals surface area (Å²) in [6.45, 7) is 11.0. The molecule has 6 nitrogen and oxygen atoms in total. The smallest absolute Gasteiger partial charge is 0.242 e. The average Bonchev–Trinajstić information content (AvgIpc) is 3.35. The minimum absolute atomic E-state index is 0.482. The summed E-state index contributed by atoms with van der Waals surface area (Å²) in [5.41, 5.74) is 6.65. The van der Waals surface area contributed by atoms with Gasteiger partial charge >= 0.3 is 0 Å². The van der Waals surface area contributed by atoms with E-state index < -0.39 is 0 Å². The lowest BCUT2D eigenvalue weighted by Crippen LogP contribution is -2.25. The lowest BCUT2D eigenvalue weighted by Gasteiger charge is -2.18. The molecule has 0 aliphatic heterocycles. The summed E-state index contributed by atoms with van der Waals surface area (Å²) in [4.78, 5) is 11.5. The predicted octanol–water partition coefficient (Wildman–Crippen LogP) is 2.48. The van der Waals surface area contributed by atoms with Crippen LogP contribution in [0, 0.1) is 0 Å². The molecule has 0 spiro atoms. The van der Waals surface area contributed by atoms with Gasteiger partial charge in [-0.05, 0) is 45.8 Å². The fourth-order valence-electron chi connectivity index (χ4n) is 2.42.